The van der Waals surface area contributed by atoms with E-state index in [0.29, 0.717) is 24.0 Å². The molecule has 0 spiro atoms. The van der Waals surface area contributed by atoms with Crippen LogP contribution >= 0.6 is 0 Å². The van der Waals surface area contributed by atoms with Crippen LogP contribution in [0, 0.1) is 17.2 Å². The zero-order valence-electron chi connectivity index (χ0n) is 17.8. The maximum atomic E-state index is 13.4. The van der Waals surface area contributed by atoms with E-state index in [2.05, 4.69) is 10.6 Å². The second-order valence-corrected chi connectivity index (χ2v) is 10.1. The van der Waals surface area contributed by atoms with Crippen LogP contribution in [0.2, 0.25) is 0 Å². The highest BCUT2D eigenvalue weighted by molar-refractivity contribution is 6.07. The summed E-state index contributed by atoms with van der Waals surface area (Å²) in [6.07, 6.45) is 18.8. The van der Waals surface area contributed by atoms with Crippen molar-refractivity contribution in [1.29, 1.82) is 5.41 Å². The zero-order chi connectivity index (χ0) is 19.6. The van der Waals surface area contributed by atoms with Crippen molar-refractivity contribution >= 4 is 11.9 Å². The molecule has 0 unspecified atom stereocenters. The predicted octanol–water partition coefficient (Wildman–Crippen LogP) is 4.17. The SMILES string of the molecule is CN1C(=N)N[C@](CCC2CCCCC2)([C@@H]2CCC[C@@H](NC3CCCC3)C2)C1=O. The molecule has 4 aliphatic rings. The van der Waals surface area contributed by atoms with Gasteiger partial charge in [-0.1, -0.05) is 51.4 Å². The normalized spacial score (nSPS) is 35.5. The number of amides is 1. The van der Waals surface area contributed by atoms with Gasteiger partial charge in [-0.2, -0.15) is 0 Å². The van der Waals surface area contributed by atoms with Crippen LogP contribution in [0.4, 0.5) is 0 Å². The fraction of sp³-hybridized carbons (Fsp3) is 0.913. The molecule has 4 rings (SSSR count). The number of hydrogen-bond donors (Lipinski definition) is 3. The topological polar surface area (TPSA) is 68.2 Å². The Balaban J connectivity index is 1.46. The molecule has 3 aliphatic carbocycles. The van der Waals surface area contributed by atoms with Crippen LogP contribution < -0.4 is 10.6 Å². The van der Waals surface area contributed by atoms with Crippen LogP contribution in [0.3, 0.4) is 0 Å². The lowest BCUT2D eigenvalue weighted by atomic mass is 9.69. The first-order valence-electron chi connectivity index (χ1n) is 12.0. The van der Waals surface area contributed by atoms with Crippen molar-refractivity contribution in [2.45, 2.75) is 114 Å². The molecule has 28 heavy (non-hydrogen) atoms. The summed E-state index contributed by atoms with van der Waals surface area (Å²) in [5, 5.41) is 15.6. The van der Waals surface area contributed by atoms with Crippen LogP contribution in [0.5, 0.6) is 0 Å². The molecule has 0 bridgehead atoms. The van der Waals surface area contributed by atoms with Gasteiger partial charge in [-0.25, -0.2) is 0 Å². The minimum absolute atomic E-state index is 0.153. The Labute approximate surface area is 170 Å². The van der Waals surface area contributed by atoms with E-state index >= 15 is 0 Å². The van der Waals surface area contributed by atoms with E-state index in [1.54, 1.807) is 11.9 Å². The van der Waals surface area contributed by atoms with Crippen molar-refractivity contribution in [3.05, 3.63) is 0 Å². The van der Waals surface area contributed by atoms with Gasteiger partial charge < -0.3 is 10.6 Å². The van der Waals surface area contributed by atoms with Crippen molar-refractivity contribution in [1.82, 2.24) is 15.5 Å². The summed E-state index contributed by atoms with van der Waals surface area (Å²) < 4.78 is 0. The second-order valence-electron chi connectivity index (χ2n) is 10.1. The van der Waals surface area contributed by atoms with E-state index in [9.17, 15) is 4.79 Å². The Hall–Kier alpha value is -1.10. The first kappa shape index (κ1) is 20.2. The predicted molar refractivity (Wildman–Crippen MR) is 113 cm³/mol. The number of likely N-dealkylation sites (N-methyl/N-ethyl adjacent to an activating group) is 1. The number of nitrogens with zero attached hydrogens (tertiary/aromatic N) is 1. The molecule has 158 valence electrons. The third-order valence-corrected chi connectivity index (χ3v) is 8.23. The largest absolute Gasteiger partial charge is 0.341 e. The summed E-state index contributed by atoms with van der Waals surface area (Å²) in [5.41, 5.74) is -0.528. The van der Waals surface area contributed by atoms with Crippen molar-refractivity contribution in [2.75, 3.05) is 7.05 Å². The number of guanidine groups is 1. The van der Waals surface area contributed by atoms with E-state index in [1.165, 1.54) is 70.6 Å². The van der Waals surface area contributed by atoms with Crippen LogP contribution in [0.25, 0.3) is 0 Å². The van der Waals surface area contributed by atoms with Gasteiger partial charge in [-0.3, -0.25) is 15.1 Å². The maximum absolute atomic E-state index is 13.4. The van der Waals surface area contributed by atoms with E-state index in [0.717, 1.165) is 31.6 Å². The maximum Gasteiger partial charge on any atom is 0.255 e. The molecule has 0 aromatic carbocycles. The molecule has 3 atom stereocenters. The quantitative estimate of drug-likeness (QED) is 0.639. The molecule has 1 heterocycles. The van der Waals surface area contributed by atoms with Gasteiger partial charge in [-0.15, -0.1) is 0 Å². The first-order chi connectivity index (χ1) is 13.6. The van der Waals surface area contributed by atoms with Crippen molar-refractivity contribution in [3.63, 3.8) is 0 Å². The first-order valence-corrected chi connectivity index (χ1v) is 12.0. The minimum Gasteiger partial charge on any atom is -0.341 e. The van der Waals surface area contributed by atoms with Gasteiger partial charge >= 0.3 is 0 Å². The van der Waals surface area contributed by atoms with Gasteiger partial charge in [0.15, 0.2) is 5.96 Å². The number of carbonyl (C=O) groups is 1. The Morgan fingerprint density at radius 3 is 2.36 bits per heavy atom. The van der Waals surface area contributed by atoms with E-state index in [-0.39, 0.29) is 5.91 Å². The Morgan fingerprint density at radius 2 is 1.68 bits per heavy atom. The van der Waals surface area contributed by atoms with Gasteiger partial charge in [-0.05, 0) is 56.8 Å². The number of rotatable bonds is 6. The van der Waals surface area contributed by atoms with Gasteiger partial charge in [0.1, 0.15) is 5.54 Å². The third-order valence-electron chi connectivity index (χ3n) is 8.23. The fourth-order valence-electron chi connectivity index (χ4n) is 6.52. The number of carbonyl (C=O) groups excluding carboxylic acids is 1. The third kappa shape index (κ3) is 4.10. The molecular weight excluding hydrogens is 348 g/mol. The Morgan fingerprint density at radius 1 is 1.00 bits per heavy atom. The molecule has 1 aliphatic heterocycles. The summed E-state index contributed by atoms with van der Waals surface area (Å²) in [6.45, 7) is 0. The molecule has 5 nitrogen and oxygen atoms in total. The van der Waals surface area contributed by atoms with E-state index < -0.39 is 5.54 Å². The van der Waals surface area contributed by atoms with Gasteiger partial charge in [0, 0.05) is 19.1 Å². The summed E-state index contributed by atoms with van der Waals surface area (Å²) in [4.78, 5) is 14.9. The van der Waals surface area contributed by atoms with Crippen LogP contribution in [-0.4, -0.2) is 41.4 Å². The monoisotopic (exact) mass is 388 g/mol. The Kier molecular flexibility index (Phi) is 6.29. The highest BCUT2D eigenvalue weighted by atomic mass is 16.2. The average Bonchev–Trinajstić information content (AvgIpc) is 3.30. The molecule has 4 fully saturated rings. The van der Waals surface area contributed by atoms with Crippen molar-refractivity contribution in [3.8, 4) is 0 Å². The summed E-state index contributed by atoms with van der Waals surface area (Å²) in [7, 11) is 1.77. The van der Waals surface area contributed by atoms with Crippen LogP contribution in [0.1, 0.15) is 96.3 Å². The molecule has 1 amide bonds. The highest BCUT2D eigenvalue weighted by Gasteiger charge is 2.53. The molecule has 0 radical (unpaired) electrons. The average molecular weight is 389 g/mol. The minimum atomic E-state index is -0.528. The molecule has 3 saturated carbocycles. The fourth-order valence-corrected chi connectivity index (χ4v) is 6.52. The van der Waals surface area contributed by atoms with Gasteiger partial charge in [0.2, 0.25) is 0 Å². The van der Waals surface area contributed by atoms with E-state index in [1.807, 2.05) is 0 Å². The summed E-state index contributed by atoms with van der Waals surface area (Å²) in [5.74, 6) is 1.58. The summed E-state index contributed by atoms with van der Waals surface area (Å²) >= 11 is 0. The molecule has 5 heteroatoms. The lowest BCUT2D eigenvalue weighted by molar-refractivity contribution is -0.133. The molecule has 0 aromatic rings. The van der Waals surface area contributed by atoms with E-state index in [4.69, 9.17) is 5.41 Å². The molecule has 1 saturated heterocycles. The Bertz CT molecular complexity index is 567. The second kappa shape index (κ2) is 8.73. The lowest BCUT2D eigenvalue weighted by Gasteiger charge is -2.42. The highest BCUT2D eigenvalue weighted by Crippen LogP contribution is 2.41. The standard InChI is InChI=1S/C23H40N4O/c1-27-21(28)23(26-22(27)24,15-14-17-8-3-2-4-9-17)18-10-7-13-20(16-18)25-19-11-5-6-12-19/h17-20,25H,2-16H2,1H3,(H2,24,26)/t18-,20-,23-/m1/s1. The summed E-state index contributed by atoms with van der Waals surface area (Å²) in [6, 6.07) is 1.23. The molecule has 0 aromatic heterocycles. The van der Waals surface area contributed by atoms with Crippen molar-refractivity contribution < 1.29 is 4.79 Å². The smallest absolute Gasteiger partial charge is 0.255 e. The number of hydrogen-bond acceptors (Lipinski definition) is 3. The van der Waals surface area contributed by atoms with Gasteiger partial charge in [0.25, 0.3) is 5.91 Å². The number of nitrogens with one attached hydrogen (secondary N) is 3. The van der Waals surface area contributed by atoms with Crippen molar-refractivity contribution in [2.24, 2.45) is 11.8 Å². The van der Waals surface area contributed by atoms with Crippen LogP contribution in [-0.2, 0) is 4.79 Å². The van der Waals surface area contributed by atoms with Gasteiger partial charge in [0.05, 0.1) is 0 Å². The molecule has 3 N–H and O–H groups in total. The lowest BCUT2D eigenvalue weighted by Crippen LogP contribution is -2.56. The van der Waals surface area contributed by atoms with Crippen LogP contribution in [0.15, 0.2) is 0 Å². The molecular formula is C23H40N4O. The zero-order valence-corrected chi connectivity index (χ0v) is 17.8.